The molecule has 2 N–H and O–H groups in total. The van der Waals surface area contributed by atoms with Gasteiger partial charge in [0.2, 0.25) is 0 Å². The lowest BCUT2D eigenvalue weighted by Gasteiger charge is -2.08. The van der Waals surface area contributed by atoms with Gasteiger partial charge >= 0.3 is 0 Å². The number of anilines is 1. The van der Waals surface area contributed by atoms with Crippen LogP contribution in [0.3, 0.4) is 0 Å². The van der Waals surface area contributed by atoms with Gasteiger partial charge in [-0.25, -0.2) is 8.78 Å². The molecule has 0 aromatic heterocycles. The highest BCUT2D eigenvalue weighted by atomic mass is 19.1. The van der Waals surface area contributed by atoms with Crippen LogP contribution >= 0.6 is 0 Å². The number of hydrogen-bond donors (Lipinski definition) is 1. The molecule has 4 heteroatoms. The summed E-state index contributed by atoms with van der Waals surface area (Å²) in [6, 6.07) is 7.86. The number of para-hydroxylation sites is 1. The summed E-state index contributed by atoms with van der Waals surface area (Å²) in [5, 5.41) is 0. The molecule has 2 rings (SSSR count). The number of rotatable bonds is 2. The molecule has 18 heavy (non-hydrogen) atoms. The van der Waals surface area contributed by atoms with E-state index in [1.807, 2.05) is 0 Å². The van der Waals surface area contributed by atoms with E-state index in [-0.39, 0.29) is 11.3 Å². The van der Waals surface area contributed by atoms with Gasteiger partial charge in [-0.1, -0.05) is 6.07 Å². The molecular formula is C14H11F2NO. The first-order valence-electron chi connectivity index (χ1n) is 5.35. The fourth-order valence-electron chi connectivity index (χ4n) is 1.76. The van der Waals surface area contributed by atoms with Crippen molar-refractivity contribution < 1.29 is 13.6 Å². The Bertz CT molecular complexity index is 623. The van der Waals surface area contributed by atoms with Crippen molar-refractivity contribution in [1.29, 1.82) is 0 Å². The lowest BCUT2D eigenvalue weighted by molar-refractivity contribution is 0.103. The minimum absolute atomic E-state index is 0.0877. The summed E-state index contributed by atoms with van der Waals surface area (Å²) >= 11 is 0. The minimum atomic E-state index is -0.638. The van der Waals surface area contributed by atoms with Gasteiger partial charge in [0.1, 0.15) is 11.6 Å². The Morgan fingerprint density at radius 3 is 2.50 bits per heavy atom. The van der Waals surface area contributed by atoms with Crippen LogP contribution in [0, 0.1) is 18.6 Å². The van der Waals surface area contributed by atoms with Crippen molar-refractivity contribution in [2.75, 3.05) is 5.73 Å². The number of hydrogen-bond acceptors (Lipinski definition) is 2. The summed E-state index contributed by atoms with van der Waals surface area (Å²) in [7, 11) is 0. The second-order valence-corrected chi connectivity index (χ2v) is 3.99. The molecule has 0 unspecified atom stereocenters. The van der Waals surface area contributed by atoms with E-state index < -0.39 is 17.4 Å². The summed E-state index contributed by atoms with van der Waals surface area (Å²) in [4.78, 5) is 12.2. The molecule has 0 saturated heterocycles. The van der Waals surface area contributed by atoms with Crippen molar-refractivity contribution in [2.24, 2.45) is 0 Å². The van der Waals surface area contributed by atoms with E-state index in [0.717, 1.165) is 0 Å². The van der Waals surface area contributed by atoms with Gasteiger partial charge in [0.15, 0.2) is 5.78 Å². The molecule has 0 spiro atoms. The topological polar surface area (TPSA) is 43.1 Å². The zero-order chi connectivity index (χ0) is 13.3. The number of aryl methyl sites for hydroxylation is 1. The molecule has 0 aliphatic carbocycles. The van der Waals surface area contributed by atoms with Gasteiger partial charge in [-0.3, -0.25) is 4.79 Å². The zero-order valence-electron chi connectivity index (χ0n) is 9.71. The van der Waals surface area contributed by atoms with Crippen molar-refractivity contribution in [2.45, 2.75) is 6.92 Å². The monoisotopic (exact) mass is 247 g/mol. The summed E-state index contributed by atoms with van der Waals surface area (Å²) in [5.74, 6) is -1.47. The van der Waals surface area contributed by atoms with E-state index in [9.17, 15) is 13.6 Å². The summed E-state index contributed by atoms with van der Waals surface area (Å²) in [6.45, 7) is 1.62. The molecule has 0 atom stereocenters. The maximum absolute atomic E-state index is 13.3. The van der Waals surface area contributed by atoms with Crippen molar-refractivity contribution in [1.82, 2.24) is 0 Å². The van der Waals surface area contributed by atoms with E-state index in [2.05, 4.69) is 0 Å². The van der Waals surface area contributed by atoms with Crippen LogP contribution in [0.15, 0.2) is 36.4 Å². The predicted octanol–water partition coefficient (Wildman–Crippen LogP) is 3.09. The standard InChI is InChI=1S/C14H11F2NO/c1-8-7-9(15)5-6-10(8)14(18)11-3-2-4-12(16)13(11)17/h2-7H,17H2,1H3. The van der Waals surface area contributed by atoms with Gasteiger partial charge in [-0.05, 0) is 42.8 Å². The van der Waals surface area contributed by atoms with Crippen LogP contribution in [-0.2, 0) is 0 Å². The number of nitrogen functional groups attached to an aromatic ring is 1. The number of carbonyl (C=O) groups excluding carboxylic acids is 1. The molecule has 0 heterocycles. The summed E-state index contributed by atoms with van der Waals surface area (Å²) < 4.78 is 26.2. The maximum Gasteiger partial charge on any atom is 0.195 e. The summed E-state index contributed by atoms with van der Waals surface area (Å²) in [6.07, 6.45) is 0. The quantitative estimate of drug-likeness (QED) is 0.654. The number of ketones is 1. The van der Waals surface area contributed by atoms with E-state index in [1.54, 1.807) is 6.92 Å². The fourth-order valence-corrected chi connectivity index (χ4v) is 1.76. The molecule has 92 valence electrons. The Hall–Kier alpha value is -2.23. The molecule has 0 fully saturated rings. The molecule has 2 aromatic carbocycles. The first kappa shape index (κ1) is 12.2. The van der Waals surface area contributed by atoms with Crippen LogP contribution < -0.4 is 5.73 Å². The van der Waals surface area contributed by atoms with Crippen molar-refractivity contribution in [3.8, 4) is 0 Å². The van der Waals surface area contributed by atoms with Gasteiger partial charge < -0.3 is 5.73 Å². The Kier molecular flexibility index (Phi) is 3.10. The van der Waals surface area contributed by atoms with Crippen molar-refractivity contribution in [3.05, 3.63) is 64.7 Å². The second kappa shape index (κ2) is 4.56. The summed E-state index contributed by atoms with van der Waals surface area (Å²) in [5.41, 5.74) is 6.23. The largest absolute Gasteiger partial charge is 0.396 e. The molecule has 2 nitrogen and oxygen atoms in total. The van der Waals surface area contributed by atoms with Crippen LogP contribution in [0.2, 0.25) is 0 Å². The third-order valence-corrected chi connectivity index (χ3v) is 2.73. The van der Waals surface area contributed by atoms with Gasteiger partial charge in [0.25, 0.3) is 0 Å². The first-order chi connectivity index (χ1) is 8.50. The number of halogens is 2. The molecule has 0 aliphatic rings. The molecule has 0 amide bonds. The highest BCUT2D eigenvalue weighted by Gasteiger charge is 2.16. The Morgan fingerprint density at radius 2 is 1.83 bits per heavy atom. The van der Waals surface area contributed by atoms with Crippen LogP contribution in [0.4, 0.5) is 14.5 Å². The molecule has 0 radical (unpaired) electrons. The first-order valence-corrected chi connectivity index (χ1v) is 5.35. The van der Waals surface area contributed by atoms with Crippen LogP contribution in [0.25, 0.3) is 0 Å². The van der Waals surface area contributed by atoms with Crippen molar-refractivity contribution in [3.63, 3.8) is 0 Å². The average molecular weight is 247 g/mol. The Labute approximate surface area is 103 Å². The molecule has 2 aromatic rings. The van der Waals surface area contributed by atoms with Crippen LogP contribution in [-0.4, -0.2) is 5.78 Å². The lowest BCUT2D eigenvalue weighted by atomic mass is 9.98. The van der Waals surface area contributed by atoms with E-state index in [4.69, 9.17) is 5.73 Å². The SMILES string of the molecule is Cc1cc(F)ccc1C(=O)c1cccc(F)c1N. The third kappa shape index (κ3) is 2.09. The van der Waals surface area contributed by atoms with E-state index in [1.165, 1.54) is 36.4 Å². The van der Waals surface area contributed by atoms with E-state index in [0.29, 0.717) is 11.1 Å². The van der Waals surface area contributed by atoms with Crippen LogP contribution in [0.5, 0.6) is 0 Å². The van der Waals surface area contributed by atoms with Crippen LogP contribution in [0.1, 0.15) is 21.5 Å². The highest BCUT2D eigenvalue weighted by Crippen LogP contribution is 2.21. The normalized spacial score (nSPS) is 10.4. The Balaban J connectivity index is 2.51. The van der Waals surface area contributed by atoms with Gasteiger partial charge in [0, 0.05) is 11.1 Å². The van der Waals surface area contributed by atoms with Gasteiger partial charge in [-0.2, -0.15) is 0 Å². The maximum atomic E-state index is 13.3. The number of carbonyl (C=O) groups is 1. The van der Waals surface area contributed by atoms with Gasteiger partial charge in [0.05, 0.1) is 5.69 Å². The number of benzene rings is 2. The van der Waals surface area contributed by atoms with E-state index >= 15 is 0 Å². The molecular weight excluding hydrogens is 236 g/mol. The second-order valence-electron chi connectivity index (χ2n) is 3.99. The average Bonchev–Trinajstić information content (AvgIpc) is 2.32. The Morgan fingerprint density at radius 1 is 1.11 bits per heavy atom. The fraction of sp³-hybridized carbons (Fsp3) is 0.0714. The zero-order valence-corrected chi connectivity index (χ0v) is 9.71. The molecule has 0 bridgehead atoms. The van der Waals surface area contributed by atoms with Gasteiger partial charge in [-0.15, -0.1) is 0 Å². The smallest absolute Gasteiger partial charge is 0.195 e. The lowest BCUT2D eigenvalue weighted by Crippen LogP contribution is -2.08. The molecule has 0 saturated carbocycles. The molecule has 0 aliphatic heterocycles. The number of nitrogens with two attached hydrogens (primary N) is 1. The predicted molar refractivity (Wildman–Crippen MR) is 65.4 cm³/mol. The van der Waals surface area contributed by atoms with Crippen molar-refractivity contribution >= 4 is 11.5 Å². The minimum Gasteiger partial charge on any atom is -0.396 e. The third-order valence-electron chi connectivity index (χ3n) is 2.73. The highest BCUT2D eigenvalue weighted by molar-refractivity contribution is 6.12.